The molecule has 3 atom stereocenters. The van der Waals surface area contributed by atoms with E-state index in [-0.39, 0.29) is 23.7 Å². The van der Waals surface area contributed by atoms with E-state index in [1.54, 1.807) is 19.9 Å². The summed E-state index contributed by atoms with van der Waals surface area (Å²) in [6, 6.07) is 22.2. The molecule has 0 aromatic heterocycles. The highest BCUT2D eigenvalue weighted by molar-refractivity contribution is 6.10. The van der Waals surface area contributed by atoms with Crippen molar-refractivity contribution in [3.05, 3.63) is 101 Å². The van der Waals surface area contributed by atoms with E-state index >= 15 is 0 Å². The summed E-state index contributed by atoms with van der Waals surface area (Å²) in [4.78, 5) is 55.0. The summed E-state index contributed by atoms with van der Waals surface area (Å²) < 4.78 is 5.39. The molecule has 7 rings (SSSR count). The number of carbonyl (C=O) groups excluding carboxylic acids is 4. The molecular formula is C32H30N2O5. The molecule has 3 aromatic carbocycles. The molecule has 4 aliphatic rings. The van der Waals surface area contributed by atoms with Gasteiger partial charge in [-0.25, -0.2) is 4.79 Å². The van der Waals surface area contributed by atoms with Crippen molar-refractivity contribution in [1.82, 2.24) is 4.90 Å². The number of nitrogens with zero attached hydrogens (tertiary/aromatic N) is 1. The number of hydrogen-bond donors (Lipinski definition) is 1. The van der Waals surface area contributed by atoms with E-state index in [0.29, 0.717) is 5.69 Å². The number of benzene rings is 3. The lowest BCUT2D eigenvalue weighted by Crippen LogP contribution is -2.49. The van der Waals surface area contributed by atoms with Gasteiger partial charge in [0.2, 0.25) is 11.8 Å². The van der Waals surface area contributed by atoms with Crippen molar-refractivity contribution >= 4 is 29.4 Å². The largest absolute Gasteiger partial charge is 0.454 e. The second kappa shape index (κ2) is 9.49. The molecule has 0 unspecified atom stereocenters. The van der Waals surface area contributed by atoms with E-state index in [1.165, 1.54) is 0 Å². The first-order chi connectivity index (χ1) is 18.8. The number of rotatable bonds is 6. The Morgan fingerprint density at radius 2 is 1.33 bits per heavy atom. The summed E-state index contributed by atoms with van der Waals surface area (Å²) in [6.07, 6.45) is 0. The summed E-state index contributed by atoms with van der Waals surface area (Å²) in [5, 5.41) is 2.71. The molecule has 3 amide bonds. The van der Waals surface area contributed by atoms with Crippen molar-refractivity contribution in [2.24, 2.45) is 17.8 Å². The molecule has 198 valence electrons. The molecule has 39 heavy (non-hydrogen) atoms. The summed E-state index contributed by atoms with van der Waals surface area (Å²) in [5.74, 6) is -3.99. The first kappa shape index (κ1) is 25.0. The molecule has 0 saturated carbocycles. The van der Waals surface area contributed by atoms with Crippen molar-refractivity contribution in [3.63, 3.8) is 0 Å². The van der Waals surface area contributed by atoms with Gasteiger partial charge in [-0.2, -0.15) is 0 Å². The van der Waals surface area contributed by atoms with Gasteiger partial charge < -0.3 is 10.1 Å². The molecule has 3 aliphatic carbocycles. The van der Waals surface area contributed by atoms with Crippen LogP contribution in [0.1, 0.15) is 53.5 Å². The third kappa shape index (κ3) is 3.95. The lowest BCUT2D eigenvalue weighted by Gasteiger charge is -2.45. The summed E-state index contributed by atoms with van der Waals surface area (Å²) in [7, 11) is 0. The molecule has 1 heterocycles. The Kier molecular flexibility index (Phi) is 6.09. The molecular weight excluding hydrogens is 492 g/mol. The zero-order valence-corrected chi connectivity index (χ0v) is 22.1. The maximum absolute atomic E-state index is 14.0. The maximum Gasteiger partial charge on any atom is 0.330 e. The average molecular weight is 523 g/mol. The maximum atomic E-state index is 14.0. The van der Waals surface area contributed by atoms with Crippen LogP contribution in [0.5, 0.6) is 0 Å². The van der Waals surface area contributed by atoms with Crippen molar-refractivity contribution in [2.45, 2.75) is 38.6 Å². The lowest BCUT2D eigenvalue weighted by molar-refractivity contribution is -0.162. The van der Waals surface area contributed by atoms with Gasteiger partial charge >= 0.3 is 5.97 Å². The molecule has 1 N–H and O–H groups in total. The van der Waals surface area contributed by atoms with Crippen LogP contribution < -0.4 is 5.32 Å². The number of likely N-dealkylation sites (tertiary alicyclic amines) is 1. The predicted molar refractivity (Wildman–Crippen MR) is 145 cm³/mol. The molecule has 1 aliphatic heterocycles. The smallest absolute Gasteiger partial charge is 0.330 e. The summed E-state index contributed by atoms with van der Waals surface area (Å²) in [5.41, 5.74) is 5.86. The number of imide groups is 1. The third-order valence-electron chi connectivity index (χ3n) is 8.28. The Morgan fingerprint density at radius 3 is 1.79 bits per heavy atom. The van der Waals surface area contributed by atoms with Crippen molar-refractivity contribution in [1.29, 1.82) is 0 Å². The zero-order chi connectivity index (χ0) is 27.4. The Bertz CT molecular complexity index is 1400. The van der Waals surface area contributed by atoms with E-state index in [0.717, 1.165) is 32.7 Å². The number of hydrogen-bond acceptors (Lipinski definition) is 5. The fourth-order valence-electron chi connectivity index (χ4n) is 6.79. The van der Waals surface area contributed by atoms with Crippen LogP contribution in [0.25, 0.3) is 0 Å². The van der Waals surface area contributed by atoms with Gasteiger partial charge in [-0.3, -0.25) is 19.3 Å². The van der Waals surface area contributed by atoms with Gasteiger partial charge in [0.1, 0.15) is 6.04 Å². The highest BCUT2D eigenvalue weighted by Crippen LogP contribution is 2.61. The number of esters is 1. The van der Waals surface area contributed by atoms with E-state index in [1.807, 2.05) is 73.7 Å². The first-order valence-electron chi connectivity index (χ1n) is 13.4. The number of nitrogens with one attached hydrogen (secondary N) is 1. The number of amides is 3. The zero-order valence-electron chi connectivity index (χ0n) is 22.1. The standard InChI is InChI=1S/C32H30N2O5/c1-17(2)29(32(38)39-16-24(35)33-19-10-8-9-18(3)15-19)34-30(36)27-25-20-11-4-5-12-21(20)26(28(27)31(34)37)23-14-7-6-13-22(23)25/h4-15,17,25-29H,16H2,1-3H3,(H,33,35)/t25?,26?,27-,28-,29-/m0/s1. The molecule has 0 spiro atoms. The second-order valence-electron chi connectivity index (χ2n) is 11.0. The van der Waals surface area contributed by atoms with Crippen LogP contribution in [0, 0.1) is 24.7 Å². The van der Waals surface area contributed by atoms with Gasteiger partial charge in [-0.1, -0.05) is 74.5 Å². The van der Waals surface area contributed by atoms with Gasteiger partial charge in [0, 0.05) is 17.5 Å². The van der Waals surface area contributed by atoms with E-state index in [9.17, 15) is 19.2 Å². The lowest BCUT2D eigenvalue weighted by atomic mass is 9.55. The topological polar surface area (TPSA) is 92.8 Å². The van der Waals surface area contributed by atoms with Crippen molar-refractivity contribution in [2.75, 3.05) is 11.9 Å². The third-order valence-corrected chi connectivity index (χ3v) is 8.28. The van der Waals surface area contributed by atoms with Gasteiger partial charge in [0.15, 0.2) is 6.61 Å². The Hall–Kier alpha value is -4.26. The number of ether oxygens (including phenoxy) is 1. The van der Waals surface area contributed by atoms with Crippen molar-refractivity contribution in [3.8, 4) is 0 Å². The van der Waals surface area contributed by atoms with E-state index < -0.39 is 42.3 Å². The highest BCUT2D eigenvalue weighted by atomic mass is 16.5. The van der Waals surface area contributed by atoms with Crippen LogP contribution in [0.15, 0.2) is 72.8 Å². The van der Waals surface area contributed by atoms with Crippen LogP contribution in [0.3, 0.4) is 0 Å². The van der Waals surface area contributed by atoms with Crippen LogP contribution in [-0.4, -0.2) is 41.2 Å². The minimum Gasteiger partial charge on any atom is -0.454 e. The van der Waals surface area contributed by atoms with E-state index in [4.69, 9.17) is 4.74 Å². The quantitative estimate of drug-likeness (QED) is 0.383. The van der Waals surface area contributed by atoms with Crippen LogP contribution in [0.4, 0.5) is 5.69 Å². The molecule has 3 aromatic rings. The second-order valence-corrected chi connectivity index (χ2v) is 11.0. The van der Waals surface area contributed by atoms with Crippen molar-refractivity contribution < 1.29 is 23.9 Å². The fourth-order valence-corrected chi connectivity index (χ4v) is 6.79. The monoisotopic (exact) mass is 522 g/mol. The molecule has 7 heteroatoms. The minimum atomic E-state index is -1.12. The average Bonchev–Trinajstić information content (AvgIpc) is 3.18. The molecule has 2 bridgehead atoms. The number of aryl methyl sites for hydroxylation is 1. The van der Waals surface area contributed by atoms with Crippen LogP contribution in [0.2, 0.25) is 0 Å². The molecule has 0 radical (unpaired) electrons. The fraction of sp³-hybridized carbons (Fsp3) is 0.312. The first-order valence-corrected chi connectivity index (χ1v) is 13.4. The number of anilines is 1. The SMILES string of the molecule is Cc1cccc(NC(=O)COC(=O)[C@H](C(C)C)N2C(=O)[C@H]3C4c5ccccc5C(c5ccccc54)[C@@H]3C2=O)c1. The van der Waals surface area contributed by atoms with Gasteiger partial charge in [0.25, 0.3) is 5.91 Å². The molecule has 7 nitrogen and oxygen atoms in total. The molecule has 1 fully saturated rings. The van der Waals surface area contributed by atoms with E-state index in [2.05, 4.69) is 5.32 Å². The predicted octanol–water partition coefficient (Wildman–Crippen LogP) is 4.39. The Labute approximate surface area is 227 Å². The normalized spacial score (nSPS) is 23.2. The Morgan fingerprint density at radius 1 is 0.821 bits per heavy atom. The summed E-state index contributed by atoms with van der Waals surface area (Å²) in [6.45, 7) is 4.95. The highest BCUT2D eigenvalue weighted by Gasteiger charge is 2.63. The van der Waals surface area contributed by atoms with Crippen LogP contribution in [-0.2, 0) is 23.9 Å². The van der Waals surface area contributed by atoms with Crippen LogP contribution >= 0.6 is 0 Å². The van der Waals surface area contributed by atoms with Gasteiger partial charge in [-0.15, -0.1) is 0 Å². The van der Waals surface area contributed by atoms with Gasteiger partial charge in [0.05, 0.1) is 11.8 Å². The Balaban J connectivity index is 1.27. The molecule has 1 saturated heterocycles. The number of carbonyl (C=O) groups is 4. The van der Waals surface area contributed by atoms with Gasteiger partial charge in [-0.05, 0) is 52.8 Å². The minimum absolute atomic E-state index is 0.252. The summed E-state index contributed by atoms with van der Waals surface area (Å²) >= 11 is 0.